The van der Waals surface area contributed by atoms with Gasteiger partial charge in [0.2, 0.25) is 5.91 Å². The maximum Gasteiger partial charge on any atom is 0.318 e. The monoisotopic (exact) mass is 391 g/mol. The first kappa shape index (κ1) is 20.0. The predicted octanol–water partition coefficient (Wildman–Crippen LogP) is 4.05. The molecule has 3 amide bonds. The van der Waals surface area contributed by atoms with Crippen molar-refractivity contribution in [2.75, 3.05) is 20.1 Å². The van der Waals surface area contributed by atoms with Gasteiger partial charge in [-0.25, -0.2) is 4.79 Å². The van der Waals surface area contributed by atoms with Crippen molar-refractivity contribution in [1.82, 2.24) is 15.1 Å². The van der Waals surface area contributed by atoms with Crippen LogP contribution in [-0.2, 0) is 11.3 Å². The van der Waals surface area contributed by atoms with Gasteiger partial charge in [-0.3, -0.25) is 4.79 Å². The van der Waals surface area contributed by atoms with E-state index >= 15 is 0 Å². The van der Waals surface area contributed by atoms with Gasteiger partial charge < -0.3 is 15.1 Å². The Balaban J connectivity index is 1.53. The lowest BCUT2D eigenvalue weighted by Crippen LogP contribution is -2.50. The van der Waals surface area contributed by atoms with Gasteiger partial charge in [-0.2, -0.15) is 0 Å². The van der Waals surface area contributed by atoms with Crippen molar-refractivity contribution in [3.05, 3.63) is 34.9 Å². The van der Waals surface area contributed by atoms with Crippen LogP contribution >= 0.6 is 11.6 Å². The van der Waals surface area contributed by atoms with Crippen LogP contribution in [0.15, 0.2) is 24.3 Å². The molecule has 1 atom stereocenters. The Bertz CT molecular complexity index is 643. The number of carbonyl (C=O) groups excluding carboxylic acids is 2. The zero-order chi connectivity index (χ0) is 19.2. The van der Waals surface area contributed by atoms with Gasteiger partial charge in [0.05, 0.1) is 0 Å². The normalized spacial score (nSPS) is 20.5. The quantitative estimate of drug-likeness (QED) is 0.823. The van der Waals surface area contributed by atoms with E-state index in [-0.39, 0.29) is 18.0 Å². The Labute approximate surface area is 167 Å². The highest BCUT2D eigenvalue weighted by molar-refractivity contribution is 6.30. The van der Waals surface area contributed by atoms with Gasteiger partial charge in [-0.15, -0.1) is 0 Å². The van der Waals surface area contributed by atoms with Crippen molar-refractivity contribution in [3.8, 4) is 0 Å². The molecule has 1 saturated heterocycles. The SMILES string of the molecule is CN(Cc1ccc(Cl)cc1)C(=O)C1CCCN1C(=O)NCC1CCCCC1. The van der Waals surface area contributed by atoms with Crippen LogP contribution in [0.25, 0.3) is 0 Å². The van der Waals surface area contributed by atoms with Crippen LogP contribution in [0.4, 0.5) is 4.79 Å². The van der Waals surface area contributed by atoms with Gasteiger partial charge in [-0.05, 0) is 49.3 Å². The zero-order valence-electron chi connectivity index (χ0n) is 16.1. The number of likely N-dealkylation sites (tertiary alicyclic amines) is 1. The van der Waals surface area contributed by atoms with Gasteiger partial charge in [0, 0.05) is 31.7 Å². The van der Waals surface area contributed by atoms with Gasteiger partial charge in [0.1, 0.15) is 6.04 Å². The maximum atomic E-state index is 12.9. The van der Waals surface area contributed by atoms with E-state index in [0.717, 1.165) is 24.9 Å². The first-order chi connectivity index (χ1) is 13.0. The highest BCUT2D eigenvalue weighted by atomic mass is 35.5. The molecule has 2 aliphatic rings. The first-order valence-corrected chi connectivity index (χ1v) is 10.5. The lowest BCUT2D eigenvalue weighted by molar-refractivity contribution is -0.134. The van der Waals surface area contributed by atoms with Crippen LogP contribution in [0.1, 0.15) is 50.5 Å². The summed E-state index contributed by atoms with van der Waals surface area (Å²) in [7, 11) is 1.80. The molecule has 1 aliphatic carbocycles. The molecule has 1 aromatic rings. The van der Waals surface area contributed by atoms with E-state index in [1.165, 1.54) is 32.1 Å². The Morgan fingerprint density at radius 1 is 1.11 bits per heavy atom. The summed E-state index contributed by atoms with van der Waals surface area (Å²) in [6.07, 6.45) is 7.86. The lowest BCUT2D eigenvalue weighted by Gasteiger charge is -2.29. The molecule has 1 aliphatic heterocycles. The van der Waals surface area contributed by atoms with Crippen LogP contribution in [-0.4, -0.2) is 47.9 Å². The molecule has 0 bridgehead atoms. The number of hydrogen-bond donors (Lipinski definition) is 1. The molecular formula is C21H30ClN3O2. The minimum absolute atomic E-state index is 0.00951. The summed E-state index contributed by atoms with van der Waals surface area (Å²) < 4.78 is 0. The summed E-state index contributed by atoms with van der Waals surface area (Å²) in [6, 6.07) is 7.07. The fourth-order valence-corrected chi connectivity index (χ4v) is 4.31. The van der Waals surface area contributed by atoms with E-state index < -0.39 is 0 Å². The molecule has 1 heterocycles. The average Bonchev–Trinajstić information content (AvgIpc) is 3.18. The molecule has 1 saturated carbocycles. The van der Waals surface area contributed by atoms with Crippen molar-refractivity contribution in [1.29, 1.82) is 0 Å². The summed E-state index contributed by atoms with van der Waals surface area (Å²) >= 11 is 5.92. The minimum Gasteiger partial charge on any atom is -0.340 e. The number of nitrogens with one attached hydrogen (secondary N) is 1. The second-order valence-corrected chi connectivity index (χ2v) is 8.30. The van der Waals surface area contributed by atoms with E-state index in [1.54, 1.807) is 16.8 Å². The van der Waals surface area contributed by atoms with Crippen molar-refractivity contribution < 1.29 is 9.59 Å². The molecule has 0 radical (unpaired) electrons. The molecule has 0 spiro atoms. The van der Waals surface area contributed by atoms with Gasteiger partial charge >= 0.3 is 6.03 Å². The number of carbonyl (C=O) groups is 2. The number of amides is 3. The standard InChI is InChI=1S/C21H30ClN3O2/c1-24(15-17-9-11-18(22)12-10-17)20(26)19-8-5-13-25(19)21(27)23-14-16-6-3-2-4-7-16/h9-12,16,19H,2-8,13-15H2,1H3,(H,23,27). The molecular weight excluding hydrogens is 362 g/mol. The second-order valence-electron chi connectivity index (χ2n) is 7.86. The Morgan fingerprint density at radius 2 is 1.81 bits per heavy atom. The van der Waals surface area contributed by atoms with Crippen molar-refractivity contribution in [3.63, 3.8) is 0 Å². The molecule has 2 fully saturated rings. The van der Waals surface area contributed by atoms with Gasteiger partial charge in [0.15, 0.2) is 0 Å². The molecule has 1 unspecified atom stereocenters. The van der Waals surface area contributed by atoms with Crippen LogP contribution in [0.2, 0.25) is 5.02 Å². The summed E-state index contributed by atoms with van der Waals surface area (Å²) in [5.41, 5.74) is 1.03. The van der Waals surface area contributed by atoms with E-state index in [4.69, 9.17) is 11.6 Å². The average molecular weight is 392 g/mol. The van der Waals surface area contributed by atoms with Gasteiger partial charge in [-0.1, -0.05) is 43.0 Å². The number of hydrogen-bond acceptors (Lipinski definition) is 2. The van der Waals surface area contributed by atoms with E-state index in [1.807, 2.05) is 24.3 Å². The fourth-order valence-electron chi connectivity index (χ4n) is 4.19. The van der Waals surface area contributed by atoms with Crippen molar-refractivity contribution >= 4 is 23.5 Å². The van der Waals surface area contributed by atoms with E-state index in [9.17, 15) is 9.59 Å². The number of halogens is 1. The van der Waals surface area contributed by atoms with Crippen LogP contribution < -0.4 is 5.32 Å². The summed E-state index contributed by atoms with van der Waals surface area (Å²) in [6.45, 7) is 1.91. The topological polar surface area (TPSA) is 52.7 Å². The van der Waals surface area contributed by atoms with Crippen molar-refractivity contribution in [2.24, 2.45) is 5.92 Å². The summed E-state index contributed by atoms with van der Waals surface area (Å²) in [5.74, 6) is 0.599. The van der Waals surface area contributed by atoms with Crippen LogP contribution in [0, 0.1) is 5.92 Å². The highest BCUT2D eigenvalue weighted by Crippen LogP contribution is 2.24. The Morgan fingerprint density at radius 3 is 2.52 bits per heavy atom. The third-order valence-corrected chi connectivity index (χ3v) is 6.03. The third-order valence-electron chi connectivity index (χ3n) is 5.77. The Kier molecular flexibility index (Phi) is 7.00. The van der Waals surface area contributed by atoms with E-state index in [0.29, 0.717) is 24.0 Å². The number of nitrogens with zero attached hydrogens (tertiary/aromatic N) is 2. The third kappa shape index (κ3) is 5.38. The van der Waals surface area contributed by atoms with Crippen LogP contribution in [0.3, 0.4) is 0 Å². The number of urea groups is 1. The van der Waals surface area contributed by atoms with Crippen LogP contribution in [0.5, 0.6) is 0 Å². The maximum absolute atomic E-state index is 12.9. The van der Waals surface area contributed by atoms with E-state index in [2.05, 4.69) is 5.32 Å². The molecule has 1 N–H and O–H groups in total. The lowest BCUT2D eigenvalue weighted by atomic mass is 9.89. The summed E-state index contributed by atoms with van der Waals surface area (Å²) in [4.78, 5) is 29.0. The summed E-state index contributed by atoms with van der Waals surface area (Å²) in [5, 5.41) is 3.76. The van der Waals surface area contributed by atoms with Gasteiger partial charge in [0.25, 0.3) is 0 Å². The number of rotatable bonds is 5. The zero-order valence-corrected chi connectivity index (χ0v) is 16.9. The number of benzene rings is 1. The molecule has 3 rings (SSSR count). The predicted molar refractivity (Wildman–Crippen MR) is 108 cm³/mol. The first-order valence-electron chi connectivity index (χ1n) is 10.1. The molecule has 1 aromatic carbocycles. The second kappa shape index (κ2) is 9.45. The number of likely N-dealkylation sites (N-methyl/N-ethyl adjacent to an activating group) is 1. The Hall–Kier alpha value is -1.75. The fraction of sp³-hybridized carbons (Fsp3) is 0.619. The molecule has 27 heavy (non-hydrogen) atoms. The highest BCUT2D eigenvalue weighted by Gasteiger charge is 2.35. The largest absolute Gasteiger partial charge is 0.340 e. The van der Waals surface area contributed by atoms with Crippen molar-refractivity contribution in [2.45, 2.75) is 57.5 Å². The molecule has 0 aromatic heterocycles. The molecule has 6 heteroatoms. The molecule has 148 valence electrons. The minimum atomic E-state index is -0.353. The smallest absolute Gasteiger partial charge is 0.318 e. The molecule has 5 nitrogen and oxygen atoms in total.